The lowest BCUT2D eigenvalue weighted by Gasteiger charge is -2.15. The summed E-state index contributed by atoms with van der Waals surface area (Å²) in [4.78, 5) is 10.5. The Morgan fingerprint density at radius 3 is 3.00 bits per heavy atom. The molecule has 0 amide bonds. The minimum Gasteiger partial charge on any atom is -0.380 e. The van der Waals surface area contributed by atoms with Crippen molar-refractivity contribution in [2.75, 3.05) is 13.1 Å². The third-order valence-electron chi connectivity index (χ3n) is 2.37. The molecule has 0 saturated heterocycles. The first-order valence-corrected chi connectivity index (χ1v) is 5.21. The molecular weight excluding hydrogens is 188 g/mol. The first kappa shape index (κ1) is 11.7. The lowest BCUT2D eigenvalue weighted by molar-refractivity contribution is -0.108. The minimum absolute atomic E-state index is 0.172. The molecule has 0 saturated carbocycles. The highest BCUT2D eigenvalue weighted by molar-refractivity contribution is 5.51. The summed E-state index contributed by atoms with van der Waals surface area (Å²) in [5.41, 5.74) is 2.20. The van der Waals surface area contributed by atoms with E-state index in [0.29, 0.717) is 6.42 Å². The zero-order valence-corrected chi connectivity index (χ0v) is 9.12. The van der Waals surface area contributed by atoms with Crippen molar-refractivity contribution in [1.29, 1.82) is 0 Å². The number of carbonyl (C=O) groups is 1. The molecule has 0 aromatic heterocycles. The van der Waals surface area contributed by atoms with E-state index in [9.17, 15) is 4.79 Å². The van der Waals surface area contributed by atoms with Gasteiger partial charge in [0.25, 0.3) is 0 Å². The molecule has 1 rings (SSSR count). The van der Waals surface area contributed by atoms with Crippen molar-refractivity contribution in [1.82, 2.24) is 10.6 Å². The predicted molar refractivity (Wildman–Crippen MR) is 62.5 cm³/mol. The molecule has 15 heavy (non-hydrogen) atoms. The fraction of sp³-hybridized carbons (Fsp3) is 0.417. The van der Waals surface area contributed by atoms with Gasteiger partial charge in [0.15, 0.2) is 0 Å². The number of hydrogen-bond donors (Lipinski definition) is 2. The molecule has 1 heterocycles. The van der Waals surface area contributed by atoms with Gasteiger partial charge in [-0.05, 0) is 18.6 Å². The van der Waals surface area contributed by atoms with Gasteiger partial charge >= 0.3 is 0 Å². The second-order valence-corrected chi connectivity index (χ2v) is 3.52. The molecule has 3 heteroatoms. The molecule has 0 fully saturated rings. The highest BCUT2D eigenvalue weighted by Crippen LogP contribution is 2.09. The molecule has 0 spiro atoms. The molecule has 1 aliphatic heterocycles. The van der Waals surface area contributed by atoms with E-state index >= 15 is 0 Å². The third-order valence-corrected chi connectivity index (χ3v) is 2.37. The first-order valence-electron chi connectivity index (χ1n) is 5.21. The molecule has 0 radical (unpaired) electrons. The highest BCUT2D eigenvalue weighted by atomic mass is 16.1. The summed E-state index contributed by atoms with van der Waals surface area (Å²) in [6, 6.07) is 0.172. The van der Waals surface area contributed by atoms with Crippen molar-refractivity contribution in [3.63, 3.8) is 0 Å². The quantitative estimate of drug-likeness (QED) is 0.678. The monoisotopic (exact) mass is 206 g/mol. The Morgan fingerprint density at radius 1 is 1.60 bits per heavy atom. The van der Waals surface area contributed by atoms with Gasteiger partial charge in [-0.1, -0.05) is 18.7 Å². The van der Waals surface area contributed by atoms with Gasteiger partial charge in [-0.2, -0.15) is 0 Å². The number of hydrogen-bond acceptors (Lipinski definition) is 3. The van der Waals surface area contributed by atoms with E-state index in [1.165, 1.54) is 0 Å². The summed E-state index contributed by atoms with van der Waals surface area (Å²) in [7, 11) is 0. The second-order valence-electron chi connectivity index (χ2n) is 3.52. The maximum atomic E-state index is 10.5. The molecule has 82 valence electrons. The number of carbonyl (C=O) groups excluding carboxylic acids is 1. The van der Waals surface area contributed by atoms with Crippen LogP contribution in [0.2, 0.25) is 0 Å². The van der Waals surface area contributed by atoms with Crippen LogP contribution in [-0.4, -0.2) is 25.4 Å². The van der Waals surface area contributed by atoms with Crippen molar-refractivity contribution in [2.24, 2.45) is 0 Å². The van der Waals surface area contributed by atoms with Crippen molar-refractivity contribution in [3.8, 4) is 0 Å². The van der Waals surface area contributed by atoms with Gasteiger partial charge in [-0.15, -0.1) is 0 Å². The van der Waals surface area contributed by atoms with Gasteiger partial charge in [-0.3, -0.25) is 0 Å². The smallest absolute Gasteiger partial charge is 0.122 e. The van der Waals surface area contributed by atoms with Crippen LogP contribution in [0.15, 0.2) is 36.1 Å². The largest absolute Gasteiger partial charge is 0.380 e. The molecule has 0 aromatic rings. The topological polar surface area (TPSA) is 41.1 Å². The molecule has 1 unspecified atom stereocenters. The molecule has 3 nitrogen and oxygen atoms in total. The lowest BCUT2D eigenvalue weighted by atomic mass is 10.1. The average Bonchev–Trinajstić information content (AvgIpc) is 2.41. The Labute approximate surface area is 90.9 Å². The van der Waals surface area contributed by atoms with Crippen LogP contribution in [-0.2, 0) is 4.79 Å². The fourth-order valence-corrected chi connectivity index (χ4v) is 1.60. The maximum absolute atomic E-state index is 10.5. The van der Waals surface area contributed by atoms with Gasteiger partial charge in [0.05, 0.1) is 0 Å². The van der Waals surface area contributed by atoms with Gasteiger partial charge < -0.3 is 15.4 Å². The van der Waals surface area contributed by atoms with Crippen LogP contribution in [0.4, 0.5) is 0 Å². The van der Waals surface area contributed by atoms with Crippen molar-refractivity contribution < 1.29 is 4.79 Å². The first-order chi connectivity index (χ1) is 7.31. The van der Waals surface area contributed by atoms with Gasteiger partial charge in [0.2, 0.25) is 0 Å². The minimum atomic E-state index is 0.172. The SMILES string of the molecule is C=CC1=C(/C=C\C)NC(CC=O)CNC1. The summed E-state index contributed by atoms with van der Waals surface area (Å²) >= 11 is 0. The normalized spacial score (nSPS) is 22.3. The van der Waals surface area contributed by atoms with Crippen molar-refractivity contribution in [3.05, 3.63) is 36.1 Å². The third kappa shape index (κ3) is 3.36. The zero-order valence-electron chi connectivity index (χ0n) is 9.12. The Kier molecular flexibility index (Phi) is 4.84. The molecule has 2 N–H and O–H groups in total. The molecule has 0 aliphatic carbocycles. The molecule has 1 atom stereocenters. The number of nitrogens with one attached hydrogen (secondary N) is 2. The molecule has 0 bridgehead atoms. The van der Waals surface area contributed by atoms with E-state index < -0.39 is 0 Å². The Balaban J connectivity index is 2.82. The van der Waals surface area contributed by atoms with E-state index in [4.69, 9.17) is 0 Å². The number of rotatable bonds is 4. The highest BCUT2D eigenvalue weighted by Gasteiger charge is 2.13. The van der Waals surface area contributed by atoms with Gasteiger partial charge in [0, 0.05) is 31.2 Å². The summed E-state index contributed by atoms with van der Waals surface area (Å²) in [6.07, 6.45) is 7.32. The van der Waals surface area contributed by atoms with Crippen LogP contribution in [0.25, 0.3) is 0 Å². The Morgan fingerprint density at radius 2 is 2.40 bits per heavy atom. The van der Waals surface area contributed by atoms with E-state index in [0.717, 1.165) is 30.6 Å². The van der Waals surface area contributed by atoms with Gasteiger partial charge in [0.1, 0.15) is 6.29 Å². The predicted octanol–water partition coefficient (Wildman–Crippen LogP) is 1.15. The number of allylic oxidation sites excluding steroid dienone is 2. The van der Waals surface area contributed by atoms with Crippen LogP contribution >= 0.6 is 0 Å². The maximum Gasteiger partial charge on any atom is 0.122 e. The van der Waals surface area contributed by atoms with Gasteiger partial charge in [-0.25, -0.2) is 0 Å². The fourth-order valence-electron chi connectivity index (χ4n) is 1.60. The van der Waals surface area contributed by atoms with Crippen molar-refractivity contribution >= 4 is 6.29 Å². The van der Waals surface area contributed by atoms with Crippen LogP contribution < -0.4 is 10.6 Å². The van der Waals surface area contributed by atoms with Crippen LogP contribution in [0, 0.1) is 0 Å². The summed E-state index contributed by atoms with van der Waals surface area (Å²) < 4.78 is 0. The summed E-state index contributed by atoms with van der Waals surface area (Å²) in [5, 5.41) is 6.63. The lowest BCUT2D eigenvalue weighted by Crippen LogP contribution is -2.35. The van der Waals surface area contributed by atoms with Crippen LogP contribution in [0.1, 0.15) is 13.3 Å². The Hall–Kier alpha value is -1.35. The average molecular weight is 206 g/mol. The molecular formula is C12H18N2O. The summed E-state index contributed by atoms with van der Waals surface area (Å²) in [6.45, 7) is 7.36. The Bertz CT molecular complexity index is 292. The standard InChI is InChI=1S/C12H18N2O/c1-3-5-12-10(4-2)8-13-9-11(14-12)6-7-15/h3-5,7,11,13-14H,2,6,8-9H2,1H3/b5-3-. The second kappa shape index (κ2) is 6.19. The van der Waals surface area contributed by atoms with Crippen LogP contribution in [0.3, 0.4) is 0 Å². The van der Waals surface area contributed by atoms with E-state index in [2.05, 4.69) is 17.2 Å². The van der Waals surface area contributed by atoms with E-state index in [-0.39, 0.29) is 6.04 Å². The van der Waals surface area contributed by atoms with E-state index in [1.54, 1.807) is 0 Å². The summed E-state index contributed by atoms with van der Waals surface area (Å²) in [5.74, 6) is 0. The molecule has 0 aromatic carbocycles. The molecule has 1 aliphatic rings. The van der Waals surface area contributed by atoms with Crippen molar-refractivity contribution in [2.45, 2.75) is 19.4 Å². The van der Waals surface area contributed by atoms with E-state index in [1.807, 2.05) is 25.2 Å². The zero-order chi connectivity index (χ0) is 11.1. The number of aldehydes is 1. The van der Waals surface area contributed by atoms with Crippen LogP contribution in [0.5, 0.6) is 0 Å².